The maximum absolute atomic E-state index is 12.5. The van der Waals surface area contributed by atoms with E-state index in [9.17, 15) is 4.79 Å². The van der Waals surface area contributed by atoms with Crippen molar-refractivity contribution in [2.45, 2.75) is 56.8 Å². The minimum absolute atomic E-state index is 0.0876. The first-order chi connectivity index (χ1) is 14.6. The van der Waals surface area contributed by atoms with E-state index >= 15 is 0 Å². The lowest BCUT2D eigenvalue weighted by Gasteiger charge is -2.39. The monoisotopic (exact) mass is 428 g/mol. The van der Waals surface area contributed by atoms with Crippen molar-refractivity contribution in [3.63, 3.8) is 0 Å². The Morgan fingerprint density at radius 1 is 1.07 bits per heavy atom. The molecule has 0 aliphatic carbocycles. The van der Waals surface area contributed by atoms with Gasteiger partial charge in [0.15, 0.2) is 0 Å². The largest absolute Gasteiger partial charge is 0.497 e. The number of nitrogens with one attached hydrogen (secondary N) is 1. The van der Waals surface area contributed by atoms with Crippen LogP contribution in [0.4, 0.5) is 0 Å². The number of hydrogen-bond donors (Lipinski definition) is 1. The molecular formula is C24H29ClN2O3. The van der Waals surface area contributed by atoms with Crippen molar-refractivity contribution in [1.82, 2.24) is 10.2 Å². The molecule has 0 radical (unpaired) electrons. The normalized spacial score (nSPS) is 23.2. The Kier molecular flexibility index (Phi) is 6.49. The maximum Gasteiger partial charge on any atom is 0.224 e. The molecule has 2 aliphatic rings. The molecule has 160 valence electrons. The van der Waals surface area contributed by atoms with Gasteiger partial charge in [-0.25, -0.2) is 0 Å². The summed E-state index contributed by atoms with van der Waals surface area (Å²) in [6, 6.07) is 14.7. The summed E-state index contributed by atoms with van der Waals surface area (Å²) in [4.78, 5) is 15.1. The first-order valence-electron chi connectivity index (χ1n) is 10.6. The Labute approximate surface area is 183 Å². The lowest BCUT2D eigenvalue weighted by Crippen LogP contribution is -2.50. The number of benzene rings is 2. The van der Waals surface area contributed by atoms with Crippen LogP contribution in [0.15, 0.2) is 42.5 Å². The molecule has 2 bridgehead atoms. The SMILES string of the molecule is COc1ccc(OC)c(CN2C3CCC2CC(NC(=O)Cc2ccc(Cl)cc2)C3)c1. The average molecular weight is 429 g/mol. The van der Waals surface area contributed by atoms with E-state index in [1.54, 1.807) is 14.2 Å². The summed E-state index contributed by atoms with van der Waals surface area (Å²) in [7, 11) is 3.40. The van der Waals surface area contributed by atoms with Gasteiger partial charge in [-0.3, -0.25) is 9.69 Å². The van der Waals surface area contributed by atoms with Gasteiger partial charge in [0, 0.05) is 35.3 Å². The summed E-state index contributed by atoms with van der Waals surface area (Å²) >= 11 is 5.93. The lowest BCUT2D eigenvalue weighted by atomic mass is 9.96. The van der Waals surface area contributed by atoms with E-state index in [1.165, 1.54) is 12.8 Å². The molecule has 2 aromatic carbocycles. The van der Waals surface area contributed by atoms with E-state index in [-0.39, 0.29) is 11.9 Å². The molecule has 0 spiro atoms. The highest BCUT2D eigenvalue weighted by atomic mass is 35.5. The first kappa shape index (κ1) is 21.0. The van der Waals surface area contributed by atoms with E-state index in [2.05, 4.69) is 16.3 Å². The number of nitrogens with zero attached hydrogens (tertiary/aromatic N) is 1. The predicted molar refractivity (Wildman–Crippen MR) is 118 cm³/mol. The number of hydrogen-bond acceptors (Lipinski definition) is 4. The number of amides is 1. The molecule has 2 saturated heterocycles. The summed E-state index contributed by atoms with van der Waals surface area (Å²) in [5.41, 5.74) is 2.14. The zero-order valence-corrected chi connectivity index (χ0v) is 18.3. The van der Waals surface area contributed by atoms with Crippen molar-refractivity contribution in [2.75, 3.05) is 14.2 Å². The Morgan fingerprint density at radius 3 is 2.40 bits per heavy atom. The van der Waals surface area contributed by atoms with Crippen LogP contribution in [-0.4, -0.2) is 43.2 Å². The van der Waals surface area contributed by atoms with Crippen molar-refractivity contribution < 1.29 is 14.3 Å². The van der Waals surface area contributed by atoms with E-state index in [0.717, 1.165) is 42.0 Å². The Hall–Kier alpha value is -2.24. The van der Waals surface area contributed by atoms with Gasteiger partial charge >= 0.3 is 0 Å². The van der Waals surface area contributed by atoms with Gasteiger partial charge in [-0.1, -0.05) is 23.7 Å². The van der Waals surface area contributed by atoms with Crippen LogP contribution in [0.25, 0.3) is 0 Å². The number of carbonyl (C=O) groups is 1. The molecule has 2 aliphatic heterocycles. The summed E-state index contributed by atoms with van der Waals surface area (Å²) in [5.74, 6) is 1.83. The summed E-state index contributed by atoms with van der Waals surface area (Å²) < 4.78 is 11.0. The number of fused-ring (bicyclic) bond motifs is 2. The Bertz CT molecular complexity index is 873. The third-order valence-electron chi connectivity index (χ3n) is 6.37. The number of rotatable bonds is 7. The van der Waals surface area contributed by atoms with E-state index in [4.69, 9.17) is 21.1 Å². The maximum atomic E-state index is 12.5. The molecule has 6 heteroatoms. The summed E-state index contributed by atoms with van der Waals surface area (Å²) in [6.07, 6.45) is 4.75. The topological polar surface area (TPSA) is 50.8 Å². The van der Waals surface area contributed by atoms with Gasteiger partial charge in [0.05, 0.1) is 20.6 Å². The minimum Gasteiger partial charge on any atom is -0.497 e. The van der Waals surface area contributed by atoms with Crippen LogP contribution in [0.2, 0.25) is 5.02 Å². The standard InChI is InChI=1S/C24H29ClN2O3/c1-29-22-9-10-23(30-2)17(12-22)15-27-20-7-8-21(27)14-19(13-20)26-24(28)11-16-3-5-18(25)6-4-16/h3-6,9-10,12,19-21H,7-8,11,13-15H2,1-2H3,(H,26,28). The van der Waals surface area contributed by atoms with Crippen molar-refractivity contribution >= 4 is 17.5 Å². The first-order valence-corrected chi connectivity index (χ1v) is 10.9. The highest BCUT2D eigenvalue weighted by Crippen LogP contribution is 2.38. The van der Waals surface area contributed by atoms with Gasteiger partial charge in [0.25, 0.3) is 0 Å². The van der Waals surface area contributed by atoms with Crippen LogP contribution in [0.3, 0.4) is 0 Å². The van der Waals surface area contributed by atoms with Gasteiger partial charge in [-0.05, 0) is 61.6 Å². The molecule has 2 fully saturated rings. The van der Waals surface area contributed by atoms with Crippen molar-refractivity contribution in [3.05, 3.63) is 58.6 Å². The Balaban J connectivity index is 1.36. The summed E-state index contributed by atoms with van der Waals surface area (Å²) in [6.45, 7) is 0.848. The summed E-state index contributed by atoms with van der Waals surface area (Å²) in [5, 5.41) is 3.96. The number of halogens is 1. The highest BCUT2D eigenvalue weighted by Gasteiger charge is 2.41. The number of ether oxygens (including phenoxy) is 2. The zero-order chi connectivity index (χ0) is 21.1. The van der Waals surface area contributed by atoms with Crippen molar-refractivity contribution in [2.24, 2.45) is 0 Å². The predicted octanol–water partition coefficient (Wildman–Crippen LogP) is 4.21. The molecule has 30 heavy (non-hydrogen) atoms. The van der Waals surface area contributed by atoms with Gasteiger partial charge in [0.1, 0.15) is 11.5 Å². The number of methoxy groups -OCH3 is 2. The molecular weight excluding hydrogens is 400 g/mol. The van der Waals surface area contributed by atoms with Crippen molar-refractivity contribution in [1.29, 1.82) is 0 Å². The van der Waals surface area contributed by atoms with Crippen LogP contribution in [0, 0.1) is 0 Å². The van der Waals surface area contributed by atoms with Gasteiger partial charge in [-0.2, -0.15) is 0 Å². The van der Waals surface area contributed by atoms with Crippen molar-refractivity contribution in [3.8, 4) is 11.5 Å². The highest BCUT2D eigenvalue weighted by molar-refractivity contribution is 6.30. The smallest absolute Gasteiger partial charge is 0.224 e. The molecule has 2 unspecified atom stereocenters. The molecule has 2 atom stereocenters. The fourth-order valence-electron chi connectivity index (χ4n) is 4.92. The van der Waals surface area contributed by atoms with Crippen LogP contribution >= 0.6 is 11.6 Å². The van der Waals surface area contributed by atoms with Crippen LogP contribution in [0.5, 0.6) is 11.5 Å². The van der Waals surface area contributed by atoms with E-state index in [1.807, 2.05) is 36.4 Å². The number of carbonyl (C=O) groups excluding carboxylic acids is 1. The van der Waals surface area contributed by atoms with E-state index in [0.29, 0.717) is 23.5 Å². The Morgan fingerprint density at radius 2 is 1.77 bits per heavy atom. The second-order valence-electron chi connectivity index (χ2n) is 8.27. The third-order valence-corrected chi connectivity index (χ3v) is 6.62. The van der Waals surface area contributed by atoms with Gasteiger partial charge in [0.2, 0.25) is 5.91 Å². The average Bonchev–Trinajstić information content (AvgIpc) is 2.97. The zero-order valence-electron chi connectivity index (χ0n) is 17.6. The molecule has 0 aromatic heterocycles. The van der Waals surface area contributed by atoms with Crippen LogP contribution < -0.4 is 14.8 Å². The molecule has 1 amide bonds. The molecule has 4 rings (SSSR count). The molecule has 5 nitrogen and oxygen atoms in total. The molecule has 0 saturated carbocycles. The fraction of sp³-hybridized carbons (Fsp3) is 0.458. The third kappa shape index (κ3) is 4.73. The second-order valence-corrected chi connectivity index (χ2v) is 8.71. The minimum atomic E-state index is 0.0876. The quantitative estimate of drug-likeness (QED) is 0.717. The molecule has 2 aromatic rings. The molecule has 1 N–H and O–H groups in total. The van der Waals surface area contributed by atoms with E-state index < -0.39 is 0 Å². The van der Waals surface area contributed by atoms with Gasteiger partial charge < -0.3 is 14.8 Å². The van der Waals surface area contributed by atoms with Gasteiger partial charge in [-0.15, -0.1) is 0 Å². The molecule has 2 heterocycles. The van der Waals surface area contributed by atoms with Crippen LogP contribution in [-0.2, 0) is 17.8 Å². The van der Waals surface area contributed by atoms with Crippen LogP contribution in [0.1, 0.15) is 36.8 Å². The lowest BCUT2D eigenvalue weighted by molar-refractivity contribution is -0.121. The number of piperidine rings is 1. The fourth-order valence-corrected chi connectivity index (χ4v) is 5.04. The second kappa shape index (κ2) is 9.27.